The molecule has 0 amide bonds. The standard InChI is InChI=1S/C16H25FN2O2.C3H8/c1-2-20-9-3-8-18-19-11-14-6-7-15(17)16(10-14)21-12-13-4-5-13;1-3-2/h6-7,10,13,18-19H,2-5,8-9,11-12H2,1H3;3H2,1-2H3. The van der Waals surface area contributed by atoms with E-state index < -0.39 is 0 Å². The second-order valence-electron chi connectivity index (χ2n) is 6.06. The van der Waals surface area contributed by atoms with E-state index in [1.54, 1.807) is 12.1 Å². The summed E-state index contributed by atoms with van der Waals surface area (Å²) in [6.07, 6.45) is 4.61. The lowest BCUT2D eigenvalue weighted by Crippen LogP contribution is -2.32. The molecule has 0 radical (unpaired) electrons. The summed E-state index contributed by atoms with van der Waals surface area (Å²) in [6.45, 7) is 9.86. The van der Waals surface area contributed by atoms with Crippen molar-refractivity contribution in [3.05, 3.63) is 29.6 Å². The highest BCUT2D eigenvalue weighted by Gasteiger charge is 2.22. The van der Waals surface area contributed by atoms with Gasteiger partial charge in [0.15, 0.2) is 11.6 Å². The maximum Gasteiger partial charge on any atom is 0.165 e. The first kappa shape index (κ1) is 20.9. The van der Waals surface area contributed by atoms with Crippen molar-refractivity contribution in [2.24, 2.45) is 5.92 Å². The van der Waals surface area contributed by atoms with E-state index in [-0.39, 0.29) is 5.82 Å². The van der Waals surface area contributed by atoms with Crippen LogP contribution in [0, 0.1) is 11.7 Å². The highest BCUT2D eigenvalue weighted by atomic mass is 19.1. The van der Waals surface area contributed by atoms with Gasteiger partial charge in [-0.1, -0.05) is 26.3 Å². The maximum absolute atomic E-state index is 13.6. The van der Waals surface area contributed by atoms with Crippen LogP contribution in [0.3, 0.4) is 0 Å². The molecule has 2 rings (SSSR count). The monoisotopic (exact) mass is 340 g/mol. The van der Waals surface area contributed by atoms with Crippen molar-refractivity contribution in [1.29, 1.82) is 0 Å². The summed E-state index contributed by atoms with van der Waals surface area (Å²) in [5.74, 6) is 0.694. The molecule has 0 saturated heterocycles. The Kier molecular flexibility index (Phi) is 11.4. The van der Waals surface area contributed by atoms with E-state index in [1.165, 1.54) is 25.3 Å². The second-order valence-corrected chi connectivity index (χ2v) is 6.06. The Morgan fingerprint density at radius 2 is 1.92 bits per heavy atom. The van der Waals surface area contributed by atoms with E-state index >= 15 is 0 Å². The van der Waals surface area contributed by atoms with E-state index in [9.17, 15) is 4.39 Å². The van der Waals surface area contributed by atoms with Gasteiger partial charge in [0.25, 0.3) is 0 Å². The number of benzene rings is 1. The minimum absolute atomic E-state index is 0.288. The van der Waals surface area contributed by atoms with E-state index in [1.807, 2.05) is 6.92 Å². The molecule has 0 aromatic heterocycles. The van der Waals surface area contributed by atoms with Gasteiger partial charge >= 0.3 is 0 Å². The van der Waals surface area contributed by atoms with Gasteiger partial charge in [-0.15, -0.1) is 0 Å². The average molecular weight is 340 g/mol. The minimum Gasteiger partial charge on any atom is -0.490 e. The van der Waals surface area contributed by atoms with Gasteiger partial charge in [-0.05, 0) is 49.8 Å². The molecule has 1 aliphatic carbocycles. The highest BCUT2D eigenvalue weighted by Crippen LogP contribution is 2.30. The summed E-state index contributed by atoms with van der Waals surface area (Å²) < 4.78 is 24.4. The van der Waals surface area contributed by atoms with Crippen LogP contribution in [0.15, 0.2) is 18.2 Å². The molecule has 0 aliphatic heterocycles. The molecule has 138 valence electrons. The molecule has 0 spiro atoms. The first-order valence-electron chi connectivity index (χ1n) is 9.15. The first-order chi connectivity index (χ1) is 11.7. The molecule has 1 saturated carbocycles. The van der Waals surface area contributed by atoms with Gasteiger partial charge < -0.3 is 9.47 Å². The molecule has 1 aromatic rings. The number of ether oxygens (including phenoxy) is 2. The largest absolute Gasteiger partial charge is 0.490 e. The number of nitrogens with one attached hydrogen (secondary N) is 2. The second kappa shape index (κ2) is 13.2. The summed E-state index contributed by atoms with van der Waals surface area (Å²) in [5.41, 5.74) is 7.24. The lowest BCUT2D eigenvalue weighted by atomic mass is 10.2. The third-order valence-corrected chi connectivity index (χ3v) is 3.38. The fourth-order valence-corrected chi connectivity index (χ4v) is 1.92. The Morgan fingerprint density at radius 1 is 1.17 bits per heavy atom. The number of rotatable bonds is 11. The Labute approximate surface area is 146 Å². The van der Waals surface area contributed by atoms with Gasteiger partial charge in [0, 0.05) is 26.3 Å². The van der Waals surface area contributed by atoms with Crippen LogP contribution < -0.4 is 15.6 Å². The molecule has 0 bridgehead atoms. The van der Waals surface area contributed by atoms with Gasteiger partial charge in [-0.2, -0.15) is 0 Å². The summed E-state index contributed by atoms with van der Waals surface area (Å²) in [5, 5.41) is 0. The molecule has 5 heteroatoms. The quantitative estimate of drug-likeness (QED) is 0.471. The third-order valence-electron chi connectivity index (χ3n) is 3.38. The highest BCUT2D eigenvalue weighted by molar-refractivity contribution is 5.30. The molecular formula is C19H33FN2O2. The topological polar surface area (TPSA) is 42.5 Å². The maximum atomic E-state index is 13.6. The van der Waals surface area contributed by atoms with Crippen LogP contribution in [0.2, 0.25) is 0 Å². The molecule has 0 atom stereocenters. The Hall–Kier alpha value is -1.17. The van der Waals surface area contributed by atoms with Gasteiger partial charge in [-0.3, -0.25) is 10.9 Å². The summed E-state index contributed by atoms with van der Waals surface area (Å²) in [6, 6.07) is 5.01. The van der Waals surface area contributed by atoms with Gasteiger partial charge in [0.2, 0.25) is 0 Å². The van der Waals surface area contributed by atoms with Crippen molar-refractivity contribution < 1.29 is 13.9 Å². The normalized spacial score (nSPS) is 13.3. The molecule has 24 heavy (non-hydrogen) atoms. The predicted molar refractivity (Wildman–Crippen MR) is 96.5 cm³/mol. The SMILES string of the molecule is CCC.CCOCCCNNCc1ccc(F)c(OCC2CC2)c1. The summed E-state index contributed by atoms with van der Waals surface area (Å²) in [7, 11) is 0. The van der Waals surface area contributed by atoms with Crippen molar-refractivity contribution in [2.45, 2.75) is 53.0 Å². The van der Waals surface area contributed by atoms with Crippen LogP contribution in [-0.2, 0) is 11.3 Å². The zero-order chi connectivity index (χ0) is 17.6. The molecule has 4 nitrogen and oxygen atoms in total. The fraction of sp³-hybridized carbons (Fsp3) is 0.684. The summed E-state index contributed by atoms with van der Waals surface area (Å²) >= 11 is 0. The van der Waals surface area contributed by atoms with E-state index in [0.29, 0.717) is 24.8 Å². The molecule has 2 N–H and O–H groups in total. The smallest absolute Gasteiger partial charge is 0.165 e. The Morgan fingerprint density at radius 3 is 2.58 bits per heavy atom. The third kappa shape index (κ3) is 9.85. The minimum atomic E-state index is -0.288. The Balaban J connectivity index is 0.000000891. The van der Waals surface area contributed by atoms with E-state index in [0.717, 1.165) is 31.7 Å². The van der Waals surface area contributed by atoms with Gasteiger partial charge in [-0.25, -0.2) is 4.39 Å². The van der Waals surface area contributed by atoms with Crippen molar-refractivity contribution in [3.8, 4) is 5.75 Å². The van der Waals surface area contributed by atoms with Crippen LogP contribution in [0.25, 0.3) is 0 Å². The van der Waals surface area contributed by atoms with Crippen molar-refractivity contribution in [3.63, 3.8) is 0 Å². The number of hydrogen-bond donors (Lipinski definition) is 2. The predicted octanol–water partition coefficient (Wildman–Crippen LogP) is 4.05. The first-order valence-corrected chi connectivity index (χ1v) is 9.15. The van der Waals surface area contributed by atoms with E-state index in [2.05, 4.69) is 24.7 Å². The number of hydrazine groups is 1. The molecule has 1 aliphatic rings. The molecule has 1 aromatic carbocycles. The Bertz CT molecular complexity index is 439. The molecule has 1 fully saturated rings. The van der Waals surface area contributed by atoms with Crippen molar-refractivity contribution in [2.75, 3.05) is 26.4 Å². The van der Waals surface area contributed by atoms with E-state index in [4.69, 9.17) is 9.47 Å². The molecule has 0 unspecified atom stereocenters. The van der Waals surface area contributed by atoms with Crippen LogP contribution in [-0.4, -0.2) is 26.4 Å². The van der Waals surface area contributed by atoms with Crippen molar-refractivity contribution >= 4 is 0 Å². The van der Waals surface area contributed by atoms with Crippen LogP contribution in [0.5, 0.6) is 5.75 Å². The number of hydrogen-bond acceptors (Lipinski definition) is 4. The fourth-order valence-electron chi connectivity index (χ4n) is 1.92. The van der Waals surface area contributed by atoms with Gasteiger partial charge in [0.05, 0.1) is 6.61 Å². The number of halogens is 1. The van der Waals surface area contributed by atoms with Crippen LogP contribution >= 0.6 is 0 Å². The average Bonchev–Trinajstić information content (AvgIpc) is 3.39. The zero-order valence-corrected chi connectivity index (χ0v) is 15.4. The molecule has 0 heterocycles. The zero-order valence-electron chi connectivity index (χ0n) is 15.4. The lowest BCUT2D eigenvalue weighted by molar-refractivity contribution is 0.144. The summed E-state index contributed by atoms with van der Waals surface area (Å²) in [4.78, 5) is 0. The van der Waals surface area contributed by atoms with Gasteiger partial charge in [0.1, 0.15) is 0 Å². The van der Waals surface area contributed by atoms with Crippen LogP contribution in [0.4, 0.5) is 4.39 Å². The lowest BCUT2D eigenvalue weighted by Gasteiger charge is -2.10. The molecular weight excluding hydrogens is 307 g/mol. The van der Waals surface area contributed by atoms with Crippen molar-refractivity contribution in [1.82, 2.24) is 10.9 Å². The van der Waals surface area contributed by atoms with Crippen LogP contribution in [0.1, 0.15) is 52.0 Å².